The van der Waals surface area contributed by atoms with Gasteiger partial charge in [-0.1, -0.05) is 23.7 Å². The van der Waals surface area contributed by atoms with Crippen molar-refractivity contribution in [1.82, 2.24) is 14.9 Å². The molecule has 1 aromatic heterocycles. The number of benzene rings is 2. The first-order chi connectivity index (χ1) is 15.2. The summed E-state index contributed by atoms with van der Waals surface area (Å²) in [6, 6.07) is 10.7. The predicted octanol–water partition coefficient (Wildman–Crippen LogP) is 5.65. The minimum absolute atomic E-state index is 0.0100. The van der Waals surface area contributed by atoms with Crippen molar-refractivity contribution >= 4 is 34.5 Å². The summed E-state index contributed by atoms with van der Waals surface area (Å²) >= 11 is 5.98. The number of amides is 1. The lowest BCUT2D eigenvalue weighted by molar-refractivity contribution is -0.137. The third-order valence-electron chi connectivity index (χ3n) is 6.06. The minimum atomic E-state index is -4.52. The summed E-state index contributed by atoms with van der Waals surface area (Å²) in [6.07, 6.45) is -1.20. The number of halogens is 4. The Labute approximate surface area is 189 Å². The van der Waals surface area contributed by atoms with Gasteiger partial charge in [-0.2, -0.15) is 13.2 Å². The number of alkyl halides is 3. The van der Waals surface area contributed by atoms with Crippen LogP contribution in [0.5, 0.6) is 0 Å². The van der Waals surface area contributed by atoms with Gasteiger partial charge in [-0.25, -0.2) is 4.98 Å². The number of hydrogen-bond donors (Lipinski definition) is 2. The molecule has 1 aliphatic rings. The Morgan fingerprint density at radius 3 is 2.56 bits per heavy atom. The number of nitrogens with one attached hydrogen (secondary N) is 2. The molecule has 1 heterocycles. The third kappa shape index (κ3) is 4.85. The highest BCUT2D eigenvalue weighted by molar-refractivity contribution is 6.33. The number of para-hydroxylation sites is 2. The van der Waals surface area contributed by atoms with Crippen LogP contribution < -0.4 is 10.6 Å². The summed E-state index contributed by atoms with van der Waals surface area (Å²) in [5, 5.41) is 6.28. The molecule has 0 saturated heterocycles. The second-order valence-corrected chi connectivity index (χ2v) is 8.65. The molecule has 2 aromatic carbocycles. The van der Waals surface area contributed by atoms with Gasteiger partial charge < -0.3 is 15.2 Å². The number of aryl methyl sites for hydroxylation is 1. The van der Waals surface area contributed by atoms with E-state index in [2.05, 4.69) is 15.6 Å². The summed E-state index contributed by atoms with van der Waals surface area (Å²) in [6.45, 7) is 0.775. The van der Waals surface area contributed by atoms with Gasteiger partial charge >= 0.3 is 6.18 Å². The third-order valence-corrected chi connectivity index (χ3v) is 6.39. The molecule has 0 unspecified atom stereocenters. The molecule has 1 fully saturated rings. The number of imidazole rings is 1. The van der Waals surface area contributed by atoms with E-state index in [0.29, 0.717) is 5.92 Å². The smallest absolute Gasteiger partial charge is 0.355 e. The molecule has 0 spiro atoms. The molecule has 0 aliphatic heterocycles. The van der Waals surface area contributed by atoms with Gasteiger partial charge in [-0.3, -0.25) is 4.79 Å². The Morgan fingerprint density at radius 1 is 1.16 bits per heavy atom. The molecular formula is C23H24ClF3N4O. The normalized spacial score (nSPS) is 19.2. The van der Waals surface area contributed by atoms with Crippen LogP contribution in [0.25, 0.3) is 11.0 Å². The number of anilines is 1. The first kappa shape index (κ1) is 22.5. The molecule has 32 heavy (non-hydrogen) atoms. The first-order valence-corrected chi connectivity index (χ1v) is 10.9. The number of rotatable bonds is 5. The SMILES string of the molecule is Cn1c(NC[C@H]2CC[C@H](NC(=O)c3cc(C(F)(F)F)ccc3Cl)CC2)nc2ccccc21. The van der Waals surface area contributed by atoms with E-state index in [1.165, 1.54) is 0 Å². The lowest BCUT2D eigenvalue weighted by Gasteiger charge is -2.29. The number of nitrogens with zero attached hydrogens (tertiary/aromatic N) is 2. The Hall–Kier alpha value is -2.74. The number of carbonyl (C=O) groups is 1. The van der Waals surface area contributed by atoms with E-state index in [4.69, 9.17) is 11.6 Å². The standard InChI is InChI=1S/C23H24ClF3N4O/c1-31-20-5-3-2-4-19(20)30-22(31)28-13-14-6-9-16(10-7-14)29-21(32)17-12-15(23(25,26)27)8-11-18(17)24/h2-5,8,11-12,14,16H,6-7,9-10,13H2,1H3,(H,28,30)(H,29,32)/t14-,16-. The van der Waals surface area contributed by atoms with Crippen LogP contribution in [0.4, 0.5) is 19.1 Å². The molecule has 1 saturated carbocycles. The van der Waals surface area contributed by atoms with Crippen molar-refractivity contribution < 1.29 is 18.0 Å². The van der Waals surface area contributed by atoms with Crippen molar-refractivity contribution in [3.05, 3.63) is 58.6 Å². The largest absolute Gasteiger partial charge is 0.416 e. The highest BCUT2D eigenvalue weighted by atomic mass is 35.5. The van der Waals surface area contributed by atoms with Crippen molar-refractivity contribution in [2.75, 3.05) is 11.9 Å². The van der Waals surface area contributed by atoms with E-state index in [9.17, 15) is 18.0 Å². The molecule has 0 bridgehead atoms. The van der Waals surface area contributed by atoms with Gasteiger partial charge in [0.05, 0.1) is 27.2 Å². The predicted molar refractivity (Wildman–Crippen MR) is 119 cm³/mol. The van der Waals surface area contributed by atoms with Gasteiger partial charge in [0.2, 0.25) is 5.95 Å². The Balaban J connectivity index is 1.30. The van der Waals surface area contributed by atoms with Crippen LogP contribution in [-0.4, -0.2) is 28.0 Å². The topological polar surface area (TPSA) is 59.0 Å². The number of aromatic nitrogens is 2. The van der Waals surface area contributed by atoms with Gasteiger partial charge in [-0.05, 0) is 61.9 Å². The second-order valence-electron chi connectivity index (χ2n) is 8.25. The average molecular weight is 465 g/mol. The first-order valence-electron chi connectivity index (χ1n) is 10.6. The Morgan fingerprint density at radius 2 is 1.88 bits per heavy atom. The fourth-order valence-corrected chi connectivity index (χ4v) is 4.39. The number of carbonyl (C=O) groups excluding carboxylic acids is 1. The van der Waals surface area contributed by atoms with E-state index >= 15 is 0 Å². The quantitative estimate of drug-likeness (QED) is 0.513. The van der Waals surface area contributed by atoms with Crippen LogP contribution in [0.15, 0.2) is 42.5 Å². The van der Waals surface area contributed by atoms with Crippen molar-refractivity contribution in [1.29, 1.82) is 0 Å². The zero-order valence-electron chi connectivity index (χ0n) is 17.5. The van der Waals surface area contributed by atoms with E-state index < -0.39 is 17.6 Å². The number of fused-ring (bicyclic) bond motifs is 1. The van der Waals surface area contributed by atoms with Gasteiger partial charge in [0, 0.05) is 19.6 Å². The lowest BCUT2D eigenvalue weighted by atomic mass is 9.86. The molecule has 3 aromatic rings. The minimum Gasteiger partial charge on any atom is -0.355 e. The summed E-state index contributed by atoms with van der Waals surface area (Å²) in [7, 11) is 1.98. The Bertz CT molecular complexity index is 1120. The molecule has 0 atom stereocenters. The van der Waals surface area contributed by atoms with Gasteiger partial charge in [-0.15, -0.1) is 0 Å². The van der Waals surface area contributed by atoms with Crippen LogP contribution in [-0.2, 0) is 13.2 Å². The van der Waals surface area contributed by atoms with Crippen LogP contribution in [0, 0.1) is 5.92 Å². The highest BCUT2D eigenvalue weighted by Gasteiger charge is 2.32. The van der Waals surface area contributed by atoms with E-state index in [-0.39, 0.29) is 16.6 Å². The van der Waals surface area contributed by atoms with Gasteiger partial charge in [0.1, 0.15) is 0 Å². The van der Waals surface area contributed by atoms with Crippen molar-refractivity contribution in [2.45, 2.75) is 37.9 Å². The van der Waals surface area contributed by atoms with E-state index in [0.717, 1.165) is 67.4 Å². The maximum atomic E-state index is 13.0. The fraction of sp³-hybridized carbons (Fsp3) is 0.391. The summed E-state index contributed by atoms with van der Waals surface area (Å²) < 4.78 is 40.9. The fourth-order valence-electron chi connectivity index (χ4n) is 4.19. The molecular weight excluding hydrogens is 441 g/mol. The second kappa shape index (κ2) is 9.02. The van der Waals surface area contributed by atoms with Crippen molar-refractivity contribution in [2.24, 2.45) is 13.0 Å². The molecule has 1 amide bonds. The van der Waals surface area contributed by atoms with Crippen molar-refractivity contribution in [3.8, 4) is 0 Å². The van der Waals surface area contributed by atoms with Crippen LogP contribution in [0.1, 0.15) is 41.6 Å². The lowest BCUT2D eigenvalue weighted by Crippen LogP contribution is -2.38. The maximum absolute atomic E-state index is 13.0. The zero-order chi connectivity index (χ0) is 22.9. The molecule has 170 valence electrons. The number of hydrogen-bond acceptors (Lipinski definition) is 3. The average Bonchev–Trinajstić information content (AvgIpc) is 3.08. The molecule has 5 nitrogen and oxygen atoms in total. The molecule has 2 N–H and O–H groups in total. The summed E-state index contributed by atoms with van der Waals surface area (Å²) in [5.74, 6) is 0.684. The molecule has 9 heteroatoms. The maximum Gasteiger partial charge on any atom is 0.416 e. The van der Waals surface area contributed by atoms with E-state index in [1.807, 2.05) is 35.9 Å². The molecule has 0 radical (unpaired) electrons. The Kier molecular flexibility index (Phi) is 6.33. The summed E-state index contributed by atoms with van der Waals surface area (Å²) in [4.78, 5) is 17.2. The highest BCUT2D eigenvalue weighted by Crippen LogP contribution is 2.32. The molecule has 4 rings (SSSR count). The van der Waals surface area contributed by atoms with Gasteiger partial charge in [0.15, 0.2) is 0 Å². The van der Waals surface area contributed by atoms with Crippen molar-refractivity contribution in [3.63, 3.8) is 0 Å². The van der Waals surface area contributed by atoms with Gasteiger partial charge in [0.25, 0.3) is 5.91 Å². The van der Waals surface area contributed by atoms with Crippen LogP contribution in [0.2, 0.25) is 5.02 Å². The van der Waals surface area contributed by atoms with E-state index in [1.54, 1.807) is 0 Å². The molecule has 1 aliphatic carbocycles. The van der Waals surface area contributed by atoms with Crippen LogP contribution in [0.3, 0.4) is 0 Å². The van der Waals surface area contributed by atoms with Crippen LogP contribution >= 0.6 is 11.6 Å². The monoisotopic (exact) mass is 464 g/mol. The summed E-state index contributed by atoms with van der Waals surface area (Å²) in [5.41, 5.74) is 0.975. The zero-order valence-corrected chi connectivity index (χ0v) is 18.3.